The smallest absolute Gasteiger partial charge is 0.125 e. The van der Waals surface area contributed by atoms with Crippen molar-refractivity contribution < 1.29 is 0 Å². The number of rotatable bonds is 4. The standard InChI is InChI=1S/C10H17N3/c1-8(2)9(11)7-13-10-5-3-4-6-12-10/h3-6,8-9H,7,11H2,1-2H3,(H,12,13). The Hall–Kier alpha value is -1.09. The number of hydrogen-bond acceptors (Lipinski definition) is 3. The molecule has 0 saturated carbocycles. The highest BCUT2D eigenvalue weighted by atomic mass is 15.0. The molecule has 0 fully saturated rings. The summed E-state index contributed by atoms with van der Waals surface area (Å²) in [5.41, 5.74) is 5.87. The number of anilines is 1. The van der Waals surface area contributed by atoms with Crippen LogP contribution in [0.3, 0.4) is 0 Å². The molecular weight excluding hydrogens is 162 g/mol. The summed E-state index contributed by atoms with van der Waals surface area (Å²) in [6.45, 7) is 5.00. The van der Waals surface area contributed by atoms with Gasteiger partial charge in [-0.15, -0.1) is 0 Å². The van der Waals surface area contributed by atoms with Gasteiger partial charge in [0.25, 0.3) is 0 Å². The summed E-state index contributed by atoms with van der Waals surface area (Å²) in [7, 11) is 0. The van der Waals surface area contributed by atoms with E-state index in [0.717, 1.165) is 12.4 Å². The normalized spacial score (nSPS) is 12.9. The van der Waals surface area contributed by atoms with E-state index < -0.39 is 0 Å². The highest BCUT2D eigenvalue weighted by molar-refractivity contribution is 5.33. The monoisotopic (exact) mass is 179 g/mol. The van der Waals surface area contributed by atoms with Crippen LogP contribution >= 0.6 is 0 Å². The number of hydrogen-bond donors (Lipinski definition) is 2. The average Bonchev–Trinajstić information content (AvgIpc) is 2.15. The molecule has 0 amide bonds. The molecule has 0 spiro atoms. The van der Waals surface area contributed by atoms with Crippen LogP contribution in [0.15, 0.2) is 24.4 Å². The van der Waals surface area contributed by atoms with Crippen LogP contribution in [-0.4, -0.2) is 17.6 Å². The summed E-state index contributed by atoms with van der Waals surface area (Å²) < 4.78 is 0. The van der Waals surface area contributed by atoms with Gasteiger partial charge in [0.2, 0.25) is 0 Å². The Labute approximate surface area is 79.4 Å². The molecule has 0 aromatic carbocycles. The second kappa shape index (κ2) is 4.82. The van der Waals surface area contributed by atoms with Crippen LogP contribution in [0.5, 0.6) is 0 Å². The largest absolute Gasteiger partial charge is 0.369 e. The van der Waals surface area contributed by atoms with Crippen molar-refractivity contribution in [3.05, 3.63) is 24.4 Å². The van der Waals surface area contributed by atoms with Crippen LogP contribution in [0.2, 0.25) is 0 Å². The third-order valence-electron chi connectivity index (χ3n) is 2.04. The van der Waals surface area contributed by atoms with Gasteiger partial charge in [-0.2, -0.15) is 0 Å². The van der Waals surface area contributed by atoms with Gasteiger partial charge in [0.15, 0.2) is 0 Å². The maximum absolute atomic E-state index is 5.87. The first-order valence-corrected chi connectivity index (χ1v) is 4.60. The van der Waals surface area contributed by atoms with E-state index in [1.54, 1.807) is 6.20 Å². The number of aromatic nitrogens is 1. The predicted octanol–water partition coefficient (Wildman–Crippen LogP) is 1.48. The van der Waals surface area contributed by atoms with Gasteiger partial charge in [0.1, 0.15) is 5.82 Å². The van der Waals surface area contributed by atoms with Crippen LogP contribution in [-0.2, 0) is 0 Å². The van der Waals surface area contributed by atoms with Crippen molar-refractivity contribution in [2.75, 3.05) is 11.9 Å². The Bertz CT molecular complexity index is 233. The van der Waals surface area contributed by atoms with Crippen molar-refractivity contribution in [3.63, 3.8) is 0 Å². The molecule has 0 aliphatic heterocycles. The molecular formula is C10H17N3. The lowest BCUT2D eigenvalue weighted by molar-refractivity contribution is 0.511. The zero-order chi connectivity index (χ0) is 9.68. The van der Waals surface area contributed by atoms with E-state index in [4.69, 9.17) is 5.73 Å². The summed E-state index contributed by atoms with van der Waals surface area (Å²) in [4.78, 5) is 4.14. The Kier molecular flexibility index (Phi) is 3.71. The van der Waals surface area contributed by atoms with E-state index >= 15 is 0 Å². The zero-order valence-corrected chi connectivity index (χ0v) is 8.20. The van der Waals surface area contributed by atoms with E-state index in [2.05, 4.69) is 24.1 Å². The quantitative estimate of drug-likeness (QED) is 0.736. The fourth-order valence-electron chi connectivity index (χ4n) is 0.925. The Balaban J connectivity index is 2.35. The SMILES string of the molecule is CC(C)C(N)CNc1ccccn1. The fraction of sp³-hybridized carbons (Fsp3) is 0.500. The molecule has 0 aliphatic rings. The highest BCUT2D eigenvalue weighted by Crippen LogP contribution is 2.02. The van der Waals surface area contributed by atoms with Gasteiger partial charge in [-0.3, -0.25) is 0 Å². The molecule has 3 nitrogen and oxygen atoms in total. The van der Waals surface area contributed by atoms with Gasteiger partial charge in [0, 0.05) is 18.8 Å². The molecule has 1 atom stereocenters. The average molecular weight is 179 g/mol. The van der Waals surface area contributed by atoms with Crippen molar-refractivity contribution in [2.24, 2.45) is 11.7 Å². The fourth-order valence-corrected chi connectivity index (χ4v) is 0.925. The van der Waals surface area contributed by atoms with Gasteiger partial charge in [-0.25, -0.2) is 4.98 Å². The molecule has 0 saturated heterocycles. The zero-order valence-electron chi connectivity index (χ0n) is 8.20. The minimum absolute atomic E-state index is 0.182. The van der Waals surface area contributed by atoms with Crippen LogP contribution in [0.4, 0.5) is 5.82 Å². The molecule has 1 rings (SSSR count). The van der Waals surface area contributed by atoms with E-state index in [9.17, 15) is 0 Å². The second-order valence-electron chi connectivity index (χ2n) is 3.50. The molecule has 0 radical (unpaired) electrons. The van der Waals surface area contributed by atoms with Crippen LogP contribution in [0.1, 0.15) is 13.8 Å². The van der Waals surface area contributed by atoms with E-state index in [0.29, 0.717) is 5.92 Å². The van der Waals surface area contributed by atoms with Crippen molar-refractivity contribution in [2.45, 2.75) is 19.9 Å². The third kappa shape index (κ3) is 3.42. The molecule has 0 bridgehead atoms. The van der Waals surface area contributed by atoms with Gasteiger partial charge in [0.05, 0.1) is 0 Å². The Morgan fingerprint density at radius 2 is 2.23 bits per heavy atom. The lowest BCUT2D eigenvalue weighted by Gasteiger charge is -2.16. The second-order valence-corrected chi connectivity index (χ2v) is 3.50. The van der Waals surface area contributed by atoms with Crippen molar-refractivity contribution in [1.29, 1.82) is 0 Å². The molecule has 3 heteroatoms. The van der Waals surface area contributed by atoms with Crippen LogP contribution in [0.25, 0.3) is 0 Å². The first kappa shape index (κ1) is 9.99. The maximum atomic E-state index is 5.87. The van der Waals surface area contributed by atoms with E-state index in [-0.39, 0.29) is 6.04 Å². The topological polar surface area (TPSA) is 50.9 Å². The molecule has 3 N–H and O–H groups in total. The molecule has 13 heavy (non-hydrogen) atoms. The summed E-state index contributed by atoms with van der Waals surface area (Å²) in [5.74, 6) is 1.38. The third-order valence-corrected chi connectivity index (χ3v) is 2.04. The molecule has 72 valence electrons. The summed E-state index contributed by atoms with van der Waals surface area (Å²) >= 11 is 0. The van der Waals surface area contributed by atoms with Gasteiger partial charge in [-0.05, 0) is 18.1 Å². The number of pyridine rings is 1. The lowest BCUT2D eigenvalue weighted by atomic mass is 10.1. The highest BCUT2D eigenvalue weighted by Gasteiger charge is 2.06. The van der Waals surface area contributed by atoms with Crippen LogP contribution < -0.4 is 11.1 Å². The first-order chi connectivity index (χ1) is 6.20. The Morgan fingerprint density at radius 1 is 1.46 bits per heavy atom. The van der Waals surface area contributed by atoms with Gasteiger partial charge < -0.3 is 11.1 Å². The molecule has 1 heterocycles. The number of nitrogens with two attached hydrogens (primary N) is 1. The molecule has 1 aromatic rings. The molecule has 1 unspecified atom stereocenters. The van der Waals surface area contributed by atoms with E-state index in [1.807, 2.05) is 18.2 Å². The predicted molar refractivity (Wildman–Crippen MR) is 55.5 cm³/mol. The number of nitrogens with one attached hydrogen (secondary N) is 1. The summed E-state index contributed by atoms with van der Waals surface area (Å²) in [5, 5.41) is 3.19. The molecule has 1 aromatic heterocycles. The first-order valence-electron chi connectivity index (χ1n) is 4.60. The van der Waals surface area contributed by atoms with E-state index in [1.165, 1.54) is 0 Å². The van der Waals surface area contributed by atoms with Crippen molar-refractivity contribution in [3.8, 4) is 0 Å². The lowest BCUT2D eigenvalue weighted by Crippen LogP contribution is -2.34. The van der Waals surface area contributed by atoms with Crippen LogP contribution in [0, 0.1) is 5.92 Å². The van der Waals surface area contributed by atoms with Gasteiger partial charge in [-0.1, -0.05) is 19.9 Å². The van der Waals surface area contributed by atoms with Crippen molar-refractivity contribution >= 4 is 5.82 Å². The maximum Gasteiger partial charge on any atom is 0.125 e. The minimum Gasteiger partial charge on any atom is -0.369 e. The number of nitrogens with zero attached hydrogens (tertiary/aromatic N) is 1. The summed E-state index contributed by atoms with van der Waals surface area (Å²) in [6, 6.07) is 5.97. The Morgan fingerprint density at radius 3 is 2.77 bits per heavy atom. The molecule has 0 aliphatic carbocycles. The van der Waals surface area contributed by atoms with Crippen molar-refractivity contribution in [1.82, 2.24) is 4.98 Å². The summed E-state index contributed by atoms with van der Waals surface area (Å²) in [6.07, 6.45) is 1.77. The van der Waals surface area contributed by atoms with Gasteiger partial charge >= 0.3 is 0 Å². The minimum atomic E-state index is 0.182.